The van der Waals surface area contributed by atoms with Crippen LogP contribution in [0.25, 0.3) is 22.0 Å². The maximum Gasteiger partial charge on any atom is 0.262 e. The smallest absolute Gasteiger partial charge is 0.262 e. The fourth-order valence-electron chi connectivity index (χ4n) is 6.34. The molecular weight excluding hydrogens is 573 g/mol. The van der Waals surface area contributed by atoms with Crippen molar-refractivity contribution in [3.63, 3.8) is 0 Å². The number of amides is 1. The maximum atomic E-state index is 13.4. The molecule has 1 spiro atoms. The number of rotatable bonds is 5. The molecule has 1 amide bonds. The summed E-state index contributed by atoms with van der Waals surface area (Å²) in [5, 5.41) is 0.916. The molecule has 0 radical (unpaired) electrons. The summed E-state index contributed by atoms with van der Waals surface area (Å²) in [6.45, 7) is 0.679. The summed E-state index contributed by atoms with van der Waals surface area (Å²) in [6, 6.07) is 15.8. The predicted octanol–water partition coefficient (Wildman–Crippen LogP) is 4.36. The van der Waals surface area contributed by atoms with E-state index in [2.05, 4.69) is 9.71 Å². The van der Waals surface area contributed by atoms with E-state index in [9.17, 15) is 17.4 Å². The number of carbonyl (C=O) groups is 1. The molecule has 2 aromatic heterocycles. The van der Waals surface area contributed by atoms with Crippen LogP contribution in [0, 0.1) is 4.78 Å². The van der Waals surface area contributed by atoms with Crippen molar-refractivity contribution in [1.29, 1.82) is 4.78 Å². The van der Waals surface area contributed by atoms with E-state index in [-0.39, 0.29) is 22.3 Å². The summed E-state index contributed by atoms with van der Waals surface area (Å²) in [4.78, 5) is 26.3. The van der Waals surface area contributed by atoms with Crippen LogP contribution in [-0.2, 0) is 30.0 Å². The van der Waals surface area contributed by atoms with Gasteiger partial charge in [-0.05, 0) is 48.7 Å². The van der Waals surface area contributed by atoms with Crippen LogP contribution in [0.4, 0.5) is 17.2 Å². The Kier molecular flexibility index (Phi) is 6.07. The summed E-state index contributed by atoms with van der Waals surface area (Å²) in [6.07, 6.45) is 6.12. The zero-order valence-electron chi connectivity index (χ0n) is 23.0. The molecule has 0 unspecified atom stereocenters. The number of anilines is 3. The maximum absolute atomic E-state index is 13.4. The van der Waals surface area contributed by atoms with Gasteiger partial charge in [-0.15, -0.1) is 0 Å². The van der Waals surface area contributed by atoms with Gasteiger partial charge >= 0.3 is 0 Å². The largest absolute Gasteiger partial charge is 0.353 e. The normalized spacial score (nSPS) is 19.1. The highest BCUT2D eigenvalue weighted by molar-refractivity contribution is 7.93. The quantitative estimate of drug-likeness (QED) is 0.346. The Morgan fingerprint density at radius 2 is 1.71 bits per heavy atom. The molecule has 1 saturated carbocycles. The number of hydrogen-bond donors (Lipinski definition) is 2. The minimum absolute atomic E-state index is 0.116. The van der Waals surface area contributed by atoms with Crippen molar-refractivity contribution in [1.82, 2.24) is 9.97 Å². The third-order valence-electron chi connectivity index (χ3n) is 8.79. The van der Waals surface area contributed by atoms with Gasteiger partial charge in [0.2, 0.25) is 5.91 Å². The van der Waals surface area contributed by atoms with Crippen LogP contribution in [0.2, 0.25) is 0 Å². The molecule has 12 heteroatoms. The first kappa shape index (κ1) is 26.8. The van der Waals surface area contributed by atoms with E-state index in [1.165, 1.54) is 12.1 Å². The number of nitrogens with zero attached hydrogens (tertiary/aromatic N) is 4. The fourth-order valence-corrected chi connectivity index (χ4v) is 8.65. The van der Waals surface area contributed by atoms with Gasteiger partial charge in [0, 0.05) is 64.1 Å². The zero-order chi connectivity index (χ0) is 29.3. The number of aromatic nitrogens is 2. The summed E-state index contributed by atoms with van der Waals surface area (Å²) < 4.78 is 49.8. The van der Waals surface area contributed by atoms with E-state index in [0.29, 0.717) is 30.2 Å². The minimum atomic E-state index is -3.93. The molecule has 10 nitrogen and oxygen atoms in total. The summed E-state index contributed by atoms with van der Waals surface area (Å²) in [5.41, 5.74) is 3.98. The van der Waals surface area contributed by atoms with Gasteiger partial charge in [-0.2, -0.15) is 0 Å². The molecule has 7 rings (SSSR count). The van der Waals surface area contributed by atoms with Gasteiger partial charge in [-0.3, -0.25) is 19.3 Å². The van der Waals surface area contributed by atoms with Crippen molar-refractivity contribution in [2.75, 3.05) is 46.2 Å². The lowest BCUT2D eigenvalue weighted by molar-refractivity contribution is -0.125. The Labute approximate surface area is 244 Å². The Morgan fingerprint density at radius 1 is 0.976 bits per heavy atom. The molecule has 3 aliphatic rings. The average Bonchev–Trinajstić information content (AvgIpc) is 3.20. The second kappa shape index (κ2) is 9.50. The van der Waals surface area contributed by atoms with E-state index in [1.54, 1.807) is 48.6 Å². The molecule has 1 aliphatic carbocycles. The van der Waals surface area contributed by atoms with E-state index in [1.807, 2.05) is 23.1 Å². The molecule has 2 aromatic carbocycles. The fraction of sp³-hybridized carbons (Fsp3) is 0.300. The van der Waals surface area contributed by atoms with Crippen LogP contribution in [0.5, 0.6) is 0 Å². The topological polar surface area (TPSA) is 136 Å². The molecule has 1 saturated heterocycles. The summed E-state index contributed by atoms with van der Waals surface area (Å²) >= 11 is 0. The summed E-state index contributed by atoms with van der Waals surface area (Å²) in [7, 11) is -4.77. The number of pyridine rings is 2. The van der Waals surface area contributed by atoms with E-state index in [4.69, 9.17) is 9.76 Å². The van der Waals surface area contributed by atoms with Crippen LogP contribution in [0.3, 0.4) is 0 Å². The number of nitrogens with one attached hydrogen (secondary N) is 2. The van der Waals surface area contributed by atoms with Gasteiger partial charge in [0.25, 0.3) is 10.0 Å². The Balaban J connectivity index is 1.34. The van der Waals surface area contributed by atoms with Crippen LogP contribution in [-0.4, -0.2) is 60.1 Å². The first-order valence-electron chi connectivity index (χ1n) is 13.9. The Hall–Kier alpha value is -4.03. The van der Waals surface area contributed by atoms with Crippen LogP contribution in [0.1, 0.15) is 24.8 Å². The van der Waals surface area contributed by atoms with Crippen LogP contribution >= 0.6 is 0 Å². The van der Waals surface area contributed by atoms with Gasteiger partial charge < -0.3 is 9.80 Å². The number of benzene rings is 2. The molecule has 0 bridgehead atoms. The van der Waals surface area contributed by atoms with E-state index >= 15 is 0 Å². The number of sulfonamides is 1. The van der Waals surface area contributed by atoms with Gasteiger partial charge in [-0.1, -0.05) is 30.7 Å². The van der Waals surface area contributed by atoms with E-state index in [0.717, 1.165) is 47.0 Å². The summed E-state index contributed by atoms with van der Waals surface area (Å²) in [5.74, 6) is 0.931. The van der Waals surface area contributed by atoms with Crippen molar-refractivity contribution >= 4 is 53.8 Å². The molecule has 42 heavy (non-hydrogen) atoms. The van der Waals surface area contributed by atoms with Crippen molar-refractivity contribution in [3.05, 3.63) is 72.6 Å². The highest BCUT2D eigenvalue weighted by atomic mass is 32.2. The van der Waals surface area contributed by atoms with Gasteiger partial charge in [-0.25, -0.2) is 17.6 Å². The van der Waals surface area contributed by atoms with Gasteiger partial charge in [0.1, 0.15) is 0 Å². The third-order valence-corrected chi connectivity index (χ3v) is 11.9. The number of likely N-dealkylation sites (N-methyl/N-ethyl adjacent to an activating group) is 1. The first-order valence-corrected chi connectivity index (χ1v) is 17.2. The molecule has 2 fully saturated rings. The minimum Gasteiger partial charge on any atom is -0.353 e. The van der Waals surface area contributed by atoms with E-state index < -0.39 is 25.2 Å². The molecule has 4 aromatic rings. The molecule has 2 aliphatic heterocycles. The Morgan fingerprint density at radius 3 is 2.40 bits per heavy atom. The highest BCUT2D eigenvalue weighted by Gasteiger charge is 2.54. The lowest BCUT2D eigenvalue weighted by Gasteiger charge is -2.37. The van der Waals surface area contributed by atoms with Gasteiger partial charge in [0.15, 0.2) is 5.82 Å². The SMILES string of the molecule is CN1C(=O)C2(CCC2)c2c1cnc1ccc(-c3cnc(N4CCS(=N)(=O)CC4)c(NS(=O)(=O)c4ccccc4)c3)cc21. The average molecular weight is 603 g/mol. The lowest BCUT2D eigenvalue weighted by atomic mass is 9.64. The molecule has 2 N–H and O–H groups in total. The molecule has 0 atom stereocenters. The van der Waals surface area contributed by atoms with Crippen LogP contribution < -0.4 is 14.5 Å². The zero-order valence-corrected chi connectivity index (χ0v) is 24.7. The Bertz CT molecular complexity index is 1960. The standard InChI is InChI=1S/C30H30N6O4S2/c1-35-26-19-32-24-9-8-20(16-23(24)27(26)30(29(35)37)10-5-11-30)21-17-25(34-42(39,40)22-6-3-2-4-7-22)28(33-18-21)36-12-14-41(31,38)15-13-36/h2-4,6-9,16-19,31,34H,5,10-15H2,1H3. The number of hydrogen-bond acceptors (Lipinski definition) is 8. The second-order valence-electron chi connectivity index (χ2n) is 11.3. The molecular formula is C30H30N6O4S2. The van der Waals surface area contributed by atoms with Crippen LogP contribution in [0.15, 0.2) is 71.9 Å². The molecule has 4 heterocycles. The first-order chi connectivity index (χ1) is 20.1. The van der Waals surface area contributed by atoms with Crippen molar-refractivity contribution < 1.29 is 17.4 Å². The number of carbonyl (C=O) groups excluding carboxylic acids is 1. The van der Waals surface area contributed by atoms with Gasteiger partial charge in [0.05, 0.1) is 33.4 Å². The van der Waals surface area contributed by atoms with Crippen molar-refractivity contribution in [3.8, 4) is 11.1 Å². The molecule has 216 valence electrons. The predicted molar refractivity (Wildman–Crippen MR) is 164 cm³/mol. The third kappa shape index (κ3) is 4.23. The second-order valence-corrected chi connectivity index (χ2v) is 15.4. The highest BCUT2D eigenvalue weighted by Crippen LogP contribution is 2.55. The van der Waals surface area contributed by atoms with Crippen molar-refractivity contribution in [2.45, 2.75) is 29.6 Å². The number of fused-ring (bicyclic) bond motifs is 4. The lowest BCUT2D eigenvalue weighted by Crippen LogP contribution is -2.43. The monoisotopic (exact) mass is 602 g/mol. The van der Waals surface area contributed by atoms with Crippen molar-refractivity contribution in [2.24, 2.45) is 0 Å².